The van der Waals surface area contributed by atoms with Gasteiger partial charge in [0.25, 0.3) is 5.56 Å². The number of anilines is 1. The van der Waals surface area contributed by atoms with E-state index >= 15 is 0 Å². The number of rotatable bonds is 3. The van der Waals surface area contributed by atoms with Crippen molar-refractivity contribution in [2.24, 2.45) is 0 Å². The summed E-state index contributed by atoms with van der Waals surface area (Å²) in [5.74, 6) is 0. The Bertz CT molecular complexity index is 382. The molecule has 1 heterocycles. The van der Waals surface area contributed by atoms with Crippen LogP contribution in [0, 0.1) is 0 Å². The molecule has 0 unspecified atom stereocenters. The third-order valence-electron chi connectivity index (χ3n) is 2.11. The molecule has 5 heteroatoms. The van der Waals surface area contributed by atoms with Crippen molar-refractivity contribution in [3.8, 4) is 0 Å². The Labute approximate surface area is 88.1 Å². The molecule has 0 fully saturated rings. The fourth-order valence-electron chi connectivity index (χ4n) is 1.23. The van der Waals surface area contributed by atoms with Crippen LogP contribution in [0.15, 0.2) is 23.1 Å². The van der Waals surface area contributed by atoms with E-state index < -0.39 is 0 Å². The van der Waals surface area contributed by atoms with Crippen molar-refractivity contribution in [1.82, 2.24) is 9.88 Å². The molecule has 82 valence electrons. The average Bonchev–Trinajstić information content (AvgIpc) is 2.23. The second-order valence-electron chi connectivity index (χ2n) is 3.02. The minimum Gasteiger partial charge on any atom is -0.327 e. The van der Waals surface area contributed by atoms with E-state index in [1.54, 1.807) is 17.0 Å². The zero-order chi connectivity index (χ0) is 11.3. The number of carbonyl (C=O) groups excluding carboxylic acids is 1. The normalized spacial score (nSPS) is 9.73. The first-order valence-electron chi connectivity index (χ1n) is 4.92. The van der Waals surface area contributed by atoms with E-state index in [0.29, 0.717) is 13.1 Å². The van der Waals surface area contributed by atoms with E-state index in [1.807, 2.05) is 13.8 Å². The minimum atomic E-state index is -0.294. The molecule has 0 aliphatic rings. The van der Waals surface area contributed by atoms with E-state index in [1.165, 1.54) is 6.20 Å². The lowest BCUT2D eigenvalue weighted by Gasteiger charge is -2.18. The molecule has 2 N–H and O–H groups in total. The SMILES string of the molecule is CCN(CC)C(=O)Nc1ccc[nH]c1=O. The summed E-state index contributed by atoms with van der Waals surface area (Å²) in [7, 11) is 0. The molecule has 0 aliphatic heterocycles. The largest absolute Gasteiger partial charge is 0.327 e. The lowest BCUT2D eigenvalue weighted by molar-refractivity contribution is 0.217. The third-order valence-corrected chi connectivity index (χ3v) is 2.11. The van der Waals surface area contributed by atoms with Crippen molar-refractivity contribution < 1.29 is 4.79 Å². The van der Waals surface area contributed by atoms with Crippen molar-refractivity contribution in [3.05, 3.63) is 28.7 Å². The van der Waals surface area contributed by atoms with Crippen LogP contribution >= 0.6 is 0 Å². The van der Waals surface area contributed by atoms with Crippen molar-refractivity contribution in [3.63, 3.8) is 0 Å². The Morgan fingerprint density at radius 2 is 2.13 bits per heavy atom. The number of hydrogen-bond acceptors (Lipinski definition) is 2. The summed E-state index contributed by atoms with van der Waals surface area (Å²) >= 11 is 0. The van der Waals surface area contributed by atoms with Crippen LogP contribution in [0.4, 0.5) is 10.5 Å². The highest BCUT2D eigenvalue weighted by atomic mass is 16.2. The van der Waals surface area contributed by atoms with Crippen LogP contribution in [0.5, 0.6) is 0 Å². The van der Waals surface area contributed by atoms with Gasteiger partial charge < -0.3 is 15.2 Å². The van der Waals surface area contributed by atoms with Gasteiger partial charge in [0.15, 0.2) is 0 Å². The Hall–Kier alpha value is -1.78. The van der Waals surface area contributed by atoms with Crippen molar-refractivity contribution in [1.29, 1.82) is 0 Å². The predicted octanol–water partition coefficient (Wildman–Crippen LogP) is 1.25. The molecular formula is C10H15N3O2. The summed E-state index contributed by atoms with van der Waals surface area (Å²) in [6.07, 6.45) is 1.52. The molecule has 1 aromatic heterocycles. The standard InChI is InChI=1S/C10H15N3O2/c1-3-13(4-2)10(15)12-8-6-5-7-11-9(8)14/h5-7H,3-4H2,1-2H3,(H,11,14)(H,12,15). The van der Waals surface area contributed by atoms with Gasteiger partial charge in [-0.2, -0.15) is 0 Å². The number of H-pyrrole nitrogens is 1. The van der Waals surface area contributed by atoms with Crippen LogP contribution in [-0.2, 0) is 0 Å². The van der Waals surface area contributed by atoms with Crippen molar-refractivity contribution in [2.75, 3.05) is 18.4 Å². The molecule has 1 aromatic rings. The third kappa shape index (κ3) is 2.83. The molecule has 0 bridgehead atoms. The van der Waals surface area contributed by atoms with Gasteiger partial charge in [0.1, 0.15) is 5.69 Å². The molecule has 15 heavy (non-hydrogen) atoms. The van der Waals surface area contributed by atoms with Crippen LogP contribution in [0.3, 0.4) is 0 Å². The molecule has 5 nitrogen and oxygen atoms in total. The average molecular weight is 209 g/mol. The highest BCUT2D eigenvalue weighted by Gasteiger charge is 2.10. The number of aromatic amines is 1. The number of pyridine rings is 1. The lowest BCUT2D eigenvalue weighted by Crippen LogP contribution is -2.35. The van der Waals surface area contributed by atoms with Crippen LogP contribution in [0.25, 0.3) is 0 Å². The van der Waals surface area contributed by atoms with Gasteiger partial charge in [-0.15, -0.1) is 0 Å². The molecule has 1 rings (SSSR count). The number of nitrogens with zero attached hydrogens (tertiary/aromatic N) is 1. The summed E-state index contributed by atoms with van der Waals surface area (Å²) in [6.45, 7) is 5.01. The molecule has 0 saturated heterocycles. The van der Waals surface area contributed by atoms with Crippen LogP contribution < -0.4 is 10.9 Å². The van der Waals surface area contributed by atoms with Crippen molar-refractivity contribution in [2.45, 2.75) is 13.8 Å². The quantitative estimate of drug-likeness (QED) is 0.786. The molecule has 0 aliphatic carbocycles. The second-order valence-corrected chi connectivity index (χ2v) is 3.02. The number of hydrogen-bond donors (Lipinski definition) is 2. The fraction of sp³-hybridized carbons (Fsp3) is 0.400. The Morgan fingerprint density at radius 3 is 2.67 bits per heavy atom. The predicted molar refractivity (Wildman–Crippen MR) is 59.0 cm³/mol. The van der Waals surface area contributed by atoms with E-state index in [4.69, 9.17) is 0 Å². The summed E-state index contributed by atoms with van der Waals surface area (Å²) in [5.41, 5.74) is -0.0209. The van der Waals surface area contributed by atoms with E-state index in [0.717, 1.165) is 0 Å². The molecule has 2 amide bonds. The smallest absolute Gasteiger partial charge is 0.321 e. The number of carbonyl (C=O) groups is 1. The Morgan fingerprint density at radius 1 is 1.47 bits per heavy atom. The molecule has 0 aromatic carbocycles. The topological polar surface area (TPSA) is 65.2 Å². The summed E-state index contributed by atoms with van der Waals surface area (Å²) in [6, 6.07) is 2.98. The molecule has 0 radical (unpaired) electrons. The molecule has 0 atom stereocenters. The molecule has 0 saturated carbocycles. The van der Waals surface area contributed by atoms with Gasteiger partial charge in [0.2, 0.25) is 0 Å². The molecular weight excluding hydrogens is 194 g/mol. The monoisotopic (exact) mass is 209 g/mol. The number of aromatic nitrogens is 1. The van der Waals surface area contributed by atoms with Gasteiger partial charge in [-0.3, -0.25) is 4.79 Å². The van der Waals surface area contributed by atoms with Crippen molar-refractivity contribution >= 4 is 11.7 Å². The summed E-state index contributed by atoms with van der Waals surface area (Å²) < 4.78 is 0. The number of amides is 2. The van der Waals surface area contributed by atoms with E-state index in [9.17, 15) is 9.59 Å². The summed E-state index contributed by atoms with van der Waals surface area (Å²) in [4.78, 5) is 26.9. The van der Waals surface area contributed by atoms with E-state index in [-0.39, 0.29) is 17.3 Å². The highest BCUT2D eigenvalue weighted by Crippen LogP contribution is 1.99. The Balaban J connectivity index is 2.74. The van der Waals surface area contributed by atoms with Gasteiger partial charge in [-0.05, 0) is 26.0 Å². The lowest BCUT2D eigenvalue weighted by atomic mass is 10.4. The maximum absolute atomic E-state index is 11.6. The molecule has 0 spiro atoms. The van der Waals surface area contributed by atoms with Gasteiger partial charge in [-0.25, -0.2) is 4.79 Å². The zero-order valence-corrected chi connectivity index (χ0v) is 8.91. The van der Waals surface area contributed by atoms with Gasteiger partial charge >= 0.3 is 6.03 Å². The minimum absolute atomic E-state index is 0.253. The van der Waals surface area contributed by atoms with Crippen LogP contribution in [0.1, 0.15) is 13.8 Å². The number of nitrogens with one attached hydrogen (secondary N) is 2. The highest BCUT2D eigenvalue weighted by molar-refractivity contribution is 5.88. The second kappa shape index (κ2) is 5.19. The maximum Gasteiger partial charge on any atom is 0.321 e. The number of urea groups is 1. The van der Waals surface area contributed by atoms with Gasteiger partial charge in [0.05, 0.1) is 0 Å². The first kappa shape index (κ1) is 11.3. The fourth-order valence-corrected chi connectivity index (χ4v) is 1.23. The van der Waals surface area contributed by atoms with Gasteiger partial charge in [-0.1, -0.05) is 0 Å². The first-order chi connectivity index (χ1) is 7.19. The maximum atomic E-state index is 11.6. The first-order valence-corrected chi connectivity index (χ1v) is 4.92. The summed E-state index contributed by atoms with van der Waals surface area (Å²) in [5, 5.41) is 2.56. The Kier molecular flexibility index (Phi) is 3.91. The van der Waals surface area contributed by atoms with Crippen LogP contribution in [0.2, 0.25) is 0 Å². The zero-order valence-electron chi connectivity index (χ0n) is 8.91. The van der Waals surface area contributed by atoms with E-state index in [2.05, 4.69) is 10.3 Å². The van der Waals surface area contributed by atoms with Crippen LogP contribution in [-0.4, -0.2) is 29.0 Å². The van der Waals surface area contributed by atoms with Gasteiger partial charge in [0, 0.05) is 19.3 Å².